The van der Waals surface area contributed by atoms with Crippen LogP contribution in [-0.2, 0) is 22.4 Å². The van der Waals surface area contributed by atoms with Gasteiger partial charge in [-0.1, -0.05) is 18.2 Å². The third kappa shape index (κ3) is 5.41. The highest BCUT2D eigenvalue weighted by Crippen LogP contribution is 2.24. The molecule has 9 heteroatoms. The van der Waals surface area contributed by atoms with Gasteiger partial charge in [-0.3, -0.25) is 9.59 Å². The highest BCUT2D eigenvalue weighted by molar-refractivity contribution is 5.92. The normalized spacial score (nSPS) is 15.0. The van der Waals surface area contributed by atoms with Crippen molar-refractivity contribution in [2.24, 2.45) is 0 Å². The number of rotatable bonds is 8. The summed E-state index contributed by atoms with van der Waals surface area (Å²) in [6.45, 7) is 3.40. The second-order valence-corrected chi connectivity index (χ2v) is 9.45. The van der Waals surface area contributed by atoms with Gasteiger partial charge >= 0.3 is 0 Å². The van der Waals surface area contributed by atoms with E-state index in [0.29, 0.717) is 56.2 Å². The fraction of sp³-hybridized carbons (Fsp3) is 0.321. The Morgan fingerprint density at radius 1 is 1.14 bits per heavy atom. The number of benzene rings is 2. The monoisotopic (exact) mass is 503 g/mol. The standard InChI is InChI=1S/C28H30FN5O3/c1-18-24(33-26(37-18)19-5-3-2-4-6-19)16-25(35)34-28(10-13-30-14-11-28)27(36)31-12-9-20-17-32-23-8-7-21(29)15-22(20)23/h2-8,15,17,30,32H,9-14,16H2,1H3,(H,31,36)(H,34,35). The van der Waals surface area contributed by atoms with Gasteiger partial charge in [0.1, 0.15) is 17.1 Å². The zero-order chi connectivity index (χ0) is 25.8. The summed E-state index contributed by atoms with van der Waals surface area (Å²) in [6, 6.07) is 14.1. The lowest BCUT2D eigenvalue weighted by Gasteiger charge is -2.37. The maximum absolute atomic E-state index is 13.7. The second-order valence-electron chi connectivity index (χ2n) is 9.45. The Morgan fingerprint density at radius 3 is 2.70 bits per heavy atom. The van der Waals surface area contributed by atoms with Gasteiger partial charge in [-0.2, -0.15) is 0 Å². The maximum Gasteiger partial charge on any atom is 0.245 e. The molecule has 1 saturated heterocycles. The number of nitrogens with zero attached hydrogens (tertiary/aromatic N) is 1. The first-order chi connectivity index (χ1) is 17.9. The van der Waals surface area contributed by atoms with Gasteiger partial charge in [0.25, 0.3) is 0 Å². The number of H-pyrrole nitrogens is 1. The summed E-state index contributed by atoms with van der Waals surface area (Å²) >= 11 is 0. The summed E-state index contributed by atoms with van der Waals surface area (Å²) in [5.74, 6) is 0.253. The number of hydrogen-bond acceptors (Lipinski definition) is 5. The van der Waals surface area contributed by atoms with Crippen molar-refractivity contribution < 1.29 is 18.4 Å². The van der Waals surface area contributed by atoms with E-state index in [1.807, 2.05) is 36.5 Å². The molecule has 192 valence electrons. The fourth-order valence-corrected chi connectivity index (χ4v) is 4.86. The van der Waals surface area contributed by atoms with Crippen LogP contribution in [0, 0.1) is 12.7 Å². The Hall–Kier alpha value is -3.98. The summed E-state index contributed by atoms with van der Waals surface area (Å²) in [7, 11) is 0. The van der Waals surface area contributed by atoms with E-state index >= 15 is 0 Å². The number of nitrogens with one attached hydrogen (secondary N) is 4. The van der Waals surface area contributed by atoms with E-state index in [2.05, 4.69) is 25.9 Å². The number of carbonyl (C=O) groups is 2. The number of halogens is 1. The number of oxazole rings is 1. The van der Waals surface area contributed by atoms with Gasteiger partial charge in [0.2, 0.25) is 17.7 Å². The number of aryl methyl sites for hydroxylation is 1. The number of aromatic nitrogens is 2. The molecule has 8 nitrogen and oxygen atoms in total. The smallest absolute Gasteiger partial charge is 0.245 e. The number of piperidine rings is 1. The first-order valence-electron chi connectivity index (χ1n) is 12.5. The Bertz CT molecular complexity index is 1410. The van der Waals surface area contributed by atoms with E-state index in [-0.39, 0.29) is 24.1 Å². The third-order valence-electron chi connectivity index (χ3n) is 6.92. The fourth-order valence-electron chi connectivity index (χ4n) is 4.86. The summed E-state index contributed by atoms with van der Waals surface area (Å²) in [5.41, 5.74) is 2.16. The van der Waals surface area contributed by atoms with Crippen LogP contribution < -0.4 is 16.0 Å². The molecule has 2 aromatic carbocycles. The Balaban J connectivity index is 1.23. The van der Waals surface area contributed by atoms with Crippen molar-refractivity contribution in [3.05, 3.63) is 77.6 Å². The van der Waals surface area contributed by atoms with Crippen LogP contribution in [0.25, 0.3) is 22.4 Å². The highest BCUT2D eigenvalue weighted by Gasteiger charge is 2.40. The topological polar surface area (TPSA) is 112 Å². The van der Waals surface area contributed by atoms with Crippen molar-refractivity contribution in [2.75, 3.05) is 19.6 Å². The average molecular weight is 504 g/mol. The van der Waals surface area contributed by atoms with Crippen LogP contribution in [0.1, 0.15) is 29.9 Å². The summed E-state index contributed by atoms with van der Waals surface area (Å²) in [4.78, 5) is 34.1. The lowest BCUT2D eigenvalue weighted by atomic mass is 9.86. The van der Waals surface area contributed by atoms with Crippen molar-refractivity contribution in [3.8, 4) is 11.5 Å². The van der Waals surface area contributed by atoms with E-state index in [1.165, 1.54) is 12.1 Å². The van der Waals surface area contributed by atoms with Gasteiger partial charge in [-0.25, -0.2) is 9.37 Å². The summed E-state index contributed by atoms with van der Waals surface area (Å²) in [6.07, 6.45) is 3.36. The van der Waals surface area contributed by atoms with Crippen LogP contribution in [0.3, 0.4) is 0 Å². The van der Waals surface area contributed by atoms with Crippen molar-refractivity contribution >= 4 is 22.7 Å². The zero-order valence-electron chi connectivity index (χ0n) is 20.7. The summed E-state index contributed by atoms with van der Waals surface area (Å²) in [5, 5.41) is 10.1. The average Bonchev–Trinajstić information content (AvgIpc) is 3.47. The molecule has 4 aromatic rings. The highest BCUT2D eigenvalue weighted by atomic mass is 19.1. The molecule has 0 saturated carbocycles. The molecule has 1 aliphatic heterocycles. The van der Waals surface area contributed by atoms with E-state index < -0.39 is 5.54 Å². The first kappa shape index (κ1) is 24.7. The van der Waals surface area contributed by atoms with Crippen LogP contribution in [0.2, 0.25) is 0 Å². The zero-order valence-corrected chi connectivity index (χ0v) is 20.7. The van der Waals surface area contributed by atoms with Crippen LogP contribution in [0.4, 0.5) is 4.39 Å². The number of fused-ring (bicyclic) bond motifs is 1. The van der Waals surface area contributed by atoms with Crippen LogP contribution >= 0.6 is 0 Å². The van der Waals surface area contributed by atoms with Gasteiger partial charge in [-0.15, -0.1) is 0 Å². The lowest BCUT2D eigenvalue weighted by molar-refractivity contribution is -0.134. The molecular weight excluding hydrogens is 473 g/mol. The maximum atomic E-state index is 13.7. The van der Waals surface area contributed by atoms with Gasteiger partial charge < -0.3 is 25.4 Å². The molecule has 0 atom stereocenters. The minimum atomic E-state index is -1.01. The predicted octanol–water partition coefficient (Wildman–Crippen LogP) is 3.41. The van der Waals surface area contributed by atoms with Crippen LogP contribution in [0.15, 0.2) is 59.1 Å². The molecule has 2 amide bonds. The quantitative estimate of drug-likeness (QED) is 0.294. The number of aromatic amines is 1. The van der Waals surface area contributed by atoms with Crippen molar-refractivity contribution in [1.29, 1.82) is 0 Å². The lowest BCUT2D eigenvalue weighted by Crippen LogP contribution is -2.63. The molecular formula is C28H30FN5O3. The van der Waals surface area contributed by atoms with Gasteiger partial charge in [0, 0.05) is 29.2 Å². The van der Waals surface area contributed by atoms with Gasteiger partial charge in [-0.05, 0) is 75.2 Å². The molecule has 0 bridgehead atoms. The first-order valence-corrected chi connectivity index (χ1v) is 12.5. The van der Waals surface area contributed by atoms with E-state index in [0.717, 1.165) is 22.0 Å². The summed E-state index contributed by atoms with van der Waals surface area (Å²) < 4.78 is 19.5. The molecule has 0 unspecified atom stereocenters. The minimum Gasteiger partial charge on any atom is -0.441 e. The number of carbonyl (C=O) groups excluding carboxylic acids is 2. The predicted molar refractivity (Wildman–Crippen MR) is 138 cm³/mol. The molecule has 1 aliphatic rings. The van der Waals surface area contributed by atoms with Gasteiger partial charge in [0.15, 0.2) is 0 Å². The third-order valence-corrected chi connectivity index (χ3v) is 6.92. The van der Waals surface area contributed by atoms with Crippen LogP contribution in [0.5, 0.6) is 0 Å². The number of amides is 2. The molecule has 4 N–H and O–H groups in total. The Kier molecular flexibility index (Phi) is 7.05. The van der Waals surface area contributed by atoms with E-state index in [1.54, 1.807) is 13.0 Å². The van der Waals surface area contributed by atoms with E-state index in [4.69, 9.17) is 4.42 Å². The molecule has 2 aromatic heterocycles. The molecule has 1 fully saturated rings. The molecule has 0 aliphatic carbocycles. The Morgan fingerprint density at radius 2 is 1.92 bits per heavy atom. The van der Waals surface area contributed by atoms with Crippen LogP contribution in [-0.4, -0.2) is 47.0 Å². The molecule has 3 heterocycles. The second kappa shape index (κ2) is 10.6. The molecule has 5 rings (SSSR count). The van der Waals surface area contributed by atoms with Crippen molar-refractivity contribution in [2.45, 2.75) is 38.1 Å². The minimum absolute atomic E-state index is 0.0194. The Labute approximate surface area is 214 Å². The van der Waals surface area contributed by atoms with Crippen molar-refractivity contribution in [1.82, 2.24) is 25.9 Å². The number of hydrogen-bond donors (Lipinski definition) is 4. The molecule has 0 spiro atoms. The SMILES string of the molecule is Cc1oc(-c2ccccc2)nc1CC(=O)NC1(C(=O)NCCc2c[nH]c3ccc(F)cc23)CCNCC1. The van der Waals surface area contributed by atoms with E-state index in [9.17, 15) is 14.0 Å². The molecule has 0 radical (unpaired) electrons. The van der Waals surface area contributed by atoms with Gasteiger partial charge in [0.05, 0.1) is 12.1 Å². The largest absolute Gasteiger partial charge is 0.441 e. The van der Waals surface area contributed by atoms with Crippen molar-refractivity contribution in [3.63, 3.8) is 0 Å². The molecule has 37 heavy (non-hydrogen) atoms.